The normalized spacial score (nSPS) is 12.5. The fourth-order valence-electron chi connectivity index (χ4n) is 1.55. The molecule has 4 heteroatoms. The van der Waals surface area contributed by atoms with Gasteiger partial charge in [-0.25, -0.2) is 0 Å². The molecule has 0 aliphatic heterocycles. The van der Waals surface area contributed by atoms with Gasteiger partial charge in [0.25, 0.3) is 0 Å². The first-order valence-corrected chi connectivity index (χ1v) is 6.49. The van der Waals surface area contributed by atoms with Gasteiger partial charge in [-0.1, -0.05) is 53.0 Å². The van der Waals surface area contributed by atoms with Gasteiger partial charge >= 0.3 is 0 Å². The topological polar surface area (TPSA) is 0 Å². The molecule has 0 amide bonds. The molecule has 88 valence electrons. The standard InChI is InChI=1S/C13H8Cl4/c14-9-3-1-2-8(6-9)13(17)11-5-4-10(15)7-12(11)16/h1-7,13H. The lowest BCUT2D eigenvalue weighted by Gasteiger charge is -2.12. The van der Waals surface area contributed by atoms with Crippen LogP contribution in [0.1, 0.15) is 16.5 Å². The van der Waals surface area contributed by atoms with Gasteiger partial charge in [-0.15, -0.1) is 11.6 Å². The zero-order valence-corrected chi connectivity index (χ0v) is 11.7. The van der Waals surface area contributed by atoms with Crippen molar-refractivity contribution in [1.82, 2.24) is 0 Å². The highest BCUT2D eigenvalue weighted by atomic mass is 35.5. The van der Waals surface area contributed by atoms with Crippen LogP contribution in [0.15, 0.2) is 42.5 Å². The van der Waals surface area contributed by atoms with E-state index in [1.807, 2.05) is 24.3 Å². The molecule has 0 saturated heterocycles. The SMILES string of the molecule is Clc1cccc(C(Cl)c2ccc(Cl)cc2Cl)c1. The van der Waals surface area contributed by atoms with E-state index in [9.17, 15) is 0 Å². The first-order valence-electron chi connectivity index (χ1n) is 4.92. The molecule has 1 atom stereocenters. The van der Waals surface area contributed by atoms with Crippen LogP contribution in [0.4, 0.5) is 0 Å². The highest BCUT2D eigenvalue weighted by Gasteiger charge is 2.14. The average Bonchev–Trinajstić information content (AvgIpc) is 2.28. The minimum absolute atomic E-state index is 0.335. The van der Waals surface area contributed by atoms with Crippen LogP contribution < -0.4 is 0 Å². The molecule has 2 aromatic carbocycles. The number of hydrogen-bond acceptors (Lipinski definition) is 0. The number of alkyl halides is 1. The lowest BCUT2D eigenvalue weighted by atomic mass is 10.0. The maximum Gasteiger partial charge on any atom is 0.0850 e. The Kier molecular flexibility index (Phi) is 4.22. The molecular weight excluding hydrogens is 298 g/mol. The van der Waals surface area contributed by atoms with Crippen LogP contribution in [0.5, 0.6) is 0 Å². The summed E-state index contributed by atoms with van der Waals surface area (Å²) in [6.07, 6.45) is 0. The van der Waals surface area contributed by atoms with Gasteiger partial charge in [-0.05, 0) is 35.4 Å². The smallest absolute Gasteiger partial charge is 0.0850 e. The maximum absolute atomic E-state index is 6.38. The van der Waals surface area contributed by atoms with Crippen molar-refractivity contribution in [3.63, 3.8) is 0 Å². The zero-order valence-electron chi connectivity index (χ0n) is 8.63. The van der Waals surface area contributed by atoms with Crippen LogP contribution >= 0.6 is 46.4 Å². The molecule has 2 aromatic rings. The number of benzene rings is 2. The van der Waals surface area contributed by atoms with E-state index in [4.69, 9.17) is 46.4 Å². The summed E-state index contributed by atoms with van der Waals surface area (Å²) in [5.41, 5.74) is 1.73. The first kappa shape index (κ1) is 13.0. The van der Waals surface area contributed by atoms with Crippen molar-refractivity contribution >= 4 is 46.4 Å². The summed E-state index contributed by atoms with van der Waals surface area (Å²) in [6, 6.07) is 12.7. The van der Waals surface area contributed by atoms with E-state index < -0.39 is 0 Å². The van der Waals surface area contributed by atoms with E-state index in [0.29, 0.717) is 15.1 Å². The van der Waals surface area contributed by atoms with E-state index in [2.05, 4.69) is 0 Å². The Hall–Kier alpha value is -0.400. The third-order valence-corrected chi connectivity index (χ3v) is 3.66. The Labute approximate surface area is 120 Å². The molecule has 0 bridgehead atoms. The number of hydrogen-bond donors (Lipinski definition) is 0. The molecule has 2 rings (SSSR count). The minimum Gasteiger partial charge on any atom is -0.113 e. The van der Waals surface area contributed by atoms with E-state index in [-0.39, 0.29) is 5.38 Å². The summed E-state index contributed by atoms with van der Waals surface area (Å²) in [4.78, 5) is 0. The van der Waals surface area contributed by atoms with E-state index >= 15 is 0 Å². The molecule has 0 saturated carbocycles. The molecule has 0 radical (unpaired) electrons. The van der Waals surface area contributed by atoms with Crippen LogP contribution in [0.25, 0.3) is 0 Å². The molecule has 1 unspecified atom stereocenters. The largest absolute Gasteiger partial charge is 0.113 e. The van der Waals surface area contributed by atoms with E-state index in [1.165, 1.54) is 0 Å². The third kappa shape index (κ3) is 3.08. The summed E-state index contributed by atoms with van der Waals surface area (Å²) < 4.78 is 0. The van der Waals surface area contributed by atoms with Crippen molar-refractivity contribution in [3.05, 3.63) is 68.7 Å². The molecule has 17 heavy (non-hydrogen) atoms. The Bertz CT molecular complexity index is 537. The molecule has 0 fully saturated rings. The first-order chi connectivity index (χ1) is 8.08. The quantitative estimate of drug-likeness (QED) is 0.599. The van der Waals surface area contributed by atoms with Crippen LogP contribution in [-0.2, 0) is 0 Å². The second kappa shape index (κ2) is 5.49. The zero-order chi connectivity index (χ0) is 12.4. The predicted molar refractivity (Wildman–Crippen MR) is 75.6 cm³/mol. The van der Waals surface area contributed by atoms with Crippen LogP contribution in [0.3, 0.4) is 0 Å². The van der Waals surface area contributed by atoms with E-state index in [0.717, 1.165) is 11.1 Å². The van der Waals surface area contributed by atoms with Crippen LogP contribution in [0, 0.1) is 0 Å². The fourth-order valence-corrected chi connectivity index (χ4v) is 2.65. The highest BCUT2D eigenvalue weighted by Crippen LogP contribution is 2.35. The molecule has 0 spiro atoms. The maximum atomic E-state index is 6.38. The van der Waals surface area contributed by atoms with Crippen molar-refractivity contribution < 1.29 is 0 Å². The average molecular weight is 306 g/mol. The minimum atomic E-state index is -0.335. The molecule has 0 nitrogen and oxygen atoms in total. The van der Waals surface area contributed by atoms with Gasteiger partial charge in [0.2, 0.25) is 0 Å². The van der Waals surface area contributed by atoms with Crippen LogP contribution in [-0.4, -0.2) is 0 Å². The molecule has 0 aliphatic carbocycles. The lowest BCUT2D eigenvalue weighted by molar-refractivity contribution is 1.14. The Morgan fingerprint density at radius 3 is 2.18 bits per heavy atom. The van der Waals surface area contributed by atoms with Gasteiger partial charge < -0.3 is 0 Å². The summed E-state index contributed by atoms with van der Waals surface area (Å²) in [5, 5.41) is 1.46. The predicted octanol–water partition coefficient (Wildman–Crippen LogP) is 5.98. The molecule has 0 heterocycles. The molecule has 0 aromatic heterocycles. The Morgan fingerprint density at radius 1 is 0.824 bits per heavy atom. The van der Waals surface area contributed by atoms with Crippen molar-refractivity contribution in [2.75, 3.05) is 0 Å². The second-order valence-corrected chi connectivity index (χ2v) is 5.30. The van der Waals surface area contributed by atoms with Gasteiger partial charge in [0.15, 0.2) is 0 Å². The second-order valence-electron chi connectivity index (χ2n) is 3.58. The lowest BCUT2D eigenvalue weighted by Crippen LogP contribution is -1.94. The fraction of sp³-hybridized carbons (Fsp3) is 0.0769. The Balaban J connectivity index is 2.40. The monoisotopic (exact) mass is 304 g/mol. The van der Waals surface area contributed by atoms with Gasteiger partial charge in [-0.2, -0.15) is 0 Å². The molecule has 0 aliphatic rings. The van der Waals surface area contributed by atoms with Gasteiger partial charge in [0, 0.05) is 15.1 Å². The summed E-state index contributed by atoms with van der Waals surface area (Å²) >= 11 is 24.3. The van der Waals surface area contributed by atoms with Gasteiger partial charge in [-0.3, -0.25) is 0 Å². The van der Waals surface area contributed by atoms with Gasteiger partial charge in [0.1, 0.15) is 0 Å². The highest BCUT2D eigenvalue weighted by molar-refractivity contribution is 6.36. The van der Waals surface area contributed by atoms with Crippen LogP contribution in [0.2, 0.25) is 15.1 Å². The van der Waals surface area contributed by atoms with E-state index in [1.54, 1.807) is 18.2 Å². The van der Waals surface area contributed by atoms with Crippen molar-refractivity contribution in [1.29, 1.82) is 0 Å². The number of halogens is 4. The molecular formula is C13H8Cl4. The summed E-state index contributed by atoms with van der Waals surface area (Å²) in [7, 11) is 0. The molecule has 0 N–H and O–H groups in total. The van der Waals surface area contributed by atoms with Crippen molar-refractivity contribution in [2.45, 2.75) is 5.38 Å². The third-order valence-electron chi connectivity index (χ3n) is 2.38. The van der Waals surface area contributed by atoms with Crippen molar-refractivity contribution in [3.8, 4) is 0 Å². The Morgan fingerprint density at radius 2 is 1.53 bits per heavy atom. The number of rotatable bonds is 2. The van der Waals surface area contributed by atoms with Gasteiger partial charge in [0.05, 0.1) is 5.38 Å². The van der Waals surface area contributed by atoms with Crippen molar-refractivity contribution in [2.24, 2.45) is 0 Å². The summed E-state index contributed by atoms with van der Waals surface area (Å²) in [5.74, 6) is 0. The summed E-state index contributed by atoms with van der Waals surface area (Å²) in [6.45, 7) is 0.